The summed E-state index contributed by atoms with van der Waals surface area (Å²) in [4.78, 5) is 22.4. The maximum atomic E-state index is 12.5. The maximum absolute atomic E-state index is 12.5. The molecule has 1 aromatic heterocycles. The highest BCUT2D eigenvalue weighted by molar-refractivity contribution is 5.94. The lowest BCUT2D eigenvalue weighted by molar-refractivity contribution is 0.0724. The molecular formula is C20H21N3O. The van der Waals surface area contributed by atoms with Gasteiger partial charge in [0.25, 0.3) is 5.91 Å². The minimum Gasteiger partial charge on any atom is -0.342 e. The fourth-order valence-corrected chi connectivity index (χ4v) is 3.33. The zero-order valence-electron chi connectivity index (χ0n) is 13.7. The molecule has 0 atom stereocenters. The number of H-pyrrole nitrogens is 1. The second kappa shape index (κ2) is 6.48. The third-order valence-corrected chi connectivity index (χ3v) is 4.65. The smallest absolute Gasteiger partial charge is 0.253 e. The largest absolute Gasteiger partial charge is 0.342 e. The summed E-state index contributed by atoms with van der Waals surface area (Å²) in [6.45, 7) is 1.78. The molecule has 1 aliphatic heterocycles. The van der Waals surface area contributed by atoms with E-state index in [1.54, 1.807) is 0 Å². The number of fused-ring (bicyclic) bond motifs is 1. The van der Waals surface area contributed by atoms with Crippen LogP contribution in [-0.2, 0) is 6.42 Å². The average molecular weight is 319 g/mol. The number of carbonyl (C=O) groups excluding carboxylic acids is 1. The molecule has 0 aliphatic carbocycles. The molecule has 3 aromatic rings. The molecule has 0 bridgehead atoms. The van der Waals surface area contributed by atoms with Gasteiger partial charge in [-0.2, -0.15) is 0 Å². The maximum Gasteiger partial charge on any atom is 0.253 e. The van der Waals surface area contributed by atoms with Crippen LogP contribution in [-0.4, -0.2) is 33.9 Å². The number of likely N-dealkylation sites (tertiary alicyclic amines) is 1. The van der Waals surface area contributed by atoms with Crippen molar-refractivity contribution in [3.8, 4) is 0 Å². The van der Waals surface area contributed by atoms with Crippen LogP contribution in [0.5, 0.6) is 0 Å². The Balaban J connectivity index is 1.48. The fraction of sp³-hybridized carbons (Fsp3) is 0.300. The van der Waals surface area contributed by atoms with Crippen molar-refractivity contribution < 1.29 is 4.79 Å². The van der Waals surface area contributed by atoms with Crippen LogP contribution in [0.4, 0.5) is 0 Å². The molecule has 24 heavy (non-hydrogen) atoms. The van der Waals surface area contributed by atoms with Crippen LogP contribution in [0.1, 0.15) is 41.0 Å². The third kappa shape index (κ3) is 3.04. The lowest BCUT2D eigenvalue weighted by Crippen LogP contribution is -2.35. The molecule has 4 rings (SSSR count). The third-order valence-electron chi connectivity index (χ3n) is 4.65. The number of piperidine rings is 1. The van der Waals surface area contributed by atoms with Gasteiger partial charge in [-0.15, -0.1) is 0 Å². The Hall–Kier alpha value is -2.62. The Morgan fingerprint density at radius 2 is 1.75 bits per heavy atom. The standard InChI is InChI=1S/C20H21N3O/c24-20(23-12-4-1-5-13-23)16-10-8-15(9-11-16)14-19-21-17-6-2-3-7-18(17)22-19/h2-3,6-11H,1,4-5,12-14H2,(H,21,22). The second-order valence-corrected chi connectivity index (χ2v) is 6.43. The number of nitrogens with zero attached hydrogens (tertiary/aromatic N) is 2. The number of benzene rings is 2. The van der Waals surface area contributed by atoms with E-state index in [2.05, 4.69) is 9.97 Å². The highest BCUT2D eigenvalue weighted by Crippen LogP contribution is 2.16. The number of amides is 1. The molecule has 1 fully saturated rings. The lowest BCUT2D eigenvalue weighted by Gasteiger charge is -2.26. The monoisotopic (exact) mass is 319 g/mol. The Morgan fingerprint density at radius 1 is 1.00 bits per heavy atom. The first-order chi connectivity index (χ1) is 11.8. The molecule has 1 saturated heterocycles. The van der Waals surface area contributed by atoms with Gasteiger partial charge in [0.15, 0.2) is 0 Å². The van der Waals surface area contributed by atoms with Crippen molar-refractivity contribution in [1.29, 1.82) is 0 Å². The summed E-state index contributed by atoms with van der Waals surface area (Å²) in [6.07, 6.45) is 4.22. The number of nitrogens with one attached hydrogen (secondary N) is 1. The normalized spacial score (nSPS) is 14.9. The molecule has 0 spiro atoms. The molecule has 2 heterocycles. The van der Waals surface area contributed by atoms with E-state index in [1.165, 1.54) is 6.42 Å². The van der Waals surface area contributed by atoms with Crippen LogP contribution in [0.25, 0.3) is 11.0 Å². The molecule has 1 amide bonds. The average Bonchev–Trinajstić information content (AvgIpc) is 3.05. The zero-order valence-corrected chi connectivity index (χ0v) is 13.7. The van der Waals surface area contributed by atoms with E-state index in [4.69, 9.17) is 0 Å². The Morgan fingerprint density at radius 3 is 2.50 bits per heavy atom. The van der Waals surface area contributed by atoms with Gasteiger partial charge in [-0.05, 0) is 49.1 Å². The Bertz CT molecular complexity index is 812. The molecule has 4 heteroatoms. The van der Waals surface area contributed by atoms with E-state index in [0.29, 0.717) is 0 Å². The van der Waals surface area contributed by atoms with Gasteiger partial charge >= 0.3 is 0 Å². The first kappa shape index (κ1) is 14.9. The molecule has 122 valence electrons. The molecule has 0 saturated carbocycles. The Labute approximate surface area is 141 Å². The van der Waals surface area contributed by atoms with E-state index in [9.17, 15) is 4.79 Å². The van der Waals surface area contributed by atoms with Crippen molar-refractivity contribution in [3.63, 3.8) is 0 Å². The fourth-order valence-electron chi connectivity index (χ4n) is 3.33. The molecule has 1 N–H and O–H groups in total. The van der Waals surface area contributed by atoms with Crippen LogP contribution in [0, 0.1) is 0 Å². The van der Waals surface area contributed by atoms with E-state index < -0.39 is 0 Å². The van der Waals surface area contributed by atoms with Gasteiger partial charge in [0.2, 0.25) is 0 Å². The minimum atomic E-state index is 0.157. The predicted molar refractivity (Wildman–Crippen MR) is 95.1 cm³/mol. The summed E-state index contributed by atoms with van der Waals surface area (Å²) in [5, 5.41) is 0. The summed E-state index contributed by atoms with van der Waals surface area (Å²) in [5.41, 5.74) is 3.99. The summed E-state index contributed by atoms with van der Waals surface area (Å²) in [7, 11) is 0. The zero-order chi connectivity index (χ0) is 16.4. The number of carbonyl (C=O) groups is 1. The molecule has 0 radical (unpaired) electrons. The summed E-state index contributed by atoms with van der Waals surface area (Å²) >= 11 is 0. The van der Waals surface area contributed by atoms with E-state index in [1.807, 2.05) is 53.4 Å². The summed E-state index contributed by atoms with van der Waals surface area (Å²) in [5.74, 6) is 1.11. The summed E-state index contributed by atoms with van der Waals surface area (Å²) < 4.78 is 0. The highest BCUT2D eigenvalue weighted by Gasteiger charge is 2.17. The van der Waals surface area contributed by atoms with Crippen molar-refractivity contribution in [2.24, 2.45) is 0 Å². The van der Waals surface area contributed by atoms with E-state index in [0.717, 1.165) is 60.3 Å². The van der Waals surface area contributed by atoms with Crippen LogP contribution in [0.15, 0.2) is 48.5 Å². The number of hydrogen-bond acceptors (Lipinski definition) is 2. The first-order valence-electron chi connectivity index (χ1n) is 8.61. The van der Waals surface area contributed by atoms with Gasteiger partial charge in [-0.1, -0.05) is 24.3 Å². The van der Waals surface area contributed by atoms with Crippen molar-refractivity contribution in [2.45, 2.75) is 25.7 Å². The van der Waals surface area contributed by atoms with Crippen molar-refractivity contribution in [2.75, 3.05) is 13.1 Å². The SMILES string of the molecule is O=C(c1ccc(Cc2nc3ccccc3[nH]2)cc1)N1CCCCC1. The van der Waals surface area contributed by atoms with Crippen molar-refractivity contribution in [1.82, 2.24) is 14.9 Å². The number of aromatic nitrogens is 2. The van der Waals surface area contributed by atoms with E-state index in [-0.39, 0.29) is 5.91 Å². The molecular weight excluding hydrogens is 298 g/mol. The summed E-state index contributed by atoms with van der Waals surface area (Å²) in [6, 6.07) is 16.0. The Kier molecular flexibility index (Phi) is 4.03. The molecule has 0 unspecified atom stereocenters. The highest BCUT2D eigenvalue weighted by atomic mass is 16.2. The van der Waals surface area contributed by atoms with Crippen molar-refractivity contribution >= 4 is 16.9 Å². The van der Waals surface area contributed by atoms with Crippen molar-refractivity contribution in [3.05, 3.63) is 65.5 Å². The topological polar surface area (TPSA) is 49.0 Å². The molecule has 1 aliphatic rings. The molecule has 2 aromatic carbocycles. The number of rotatable bonds is 3. The number of imidazole rings is 1. The predicted octanol–water partition coefficient (Wildman–Crippen LogP) is 3.78. The number of hydrogen-bond donors (Lipinski definition) is 1. The van der Waals surface area contributed by atoms with Crippen LogP contribution >= 0.6 is 0 Å². The molecule has 4 nitrogen and oxygen atoms in total. The second-order valence-electron chi connectivity index (χ2n) is 6.43. The van der Waals surface area contributed by atoms with E-state index >= 15 is 0 Å². The minimum absolute atomic E-state index is 0.157. The van der Waals surface area contributed by atoms with Gasteiger partial charge in [-0.25, -0.2) is 4.98 Å². The lowest BCUT2D eigenvalue weighted by atomic mass is 10.1. The van der Waals surface area contributed by atoms with Gasteiger partial charge in [0.05, 0.1) is 11.0 Å². The van der Waals surface area contributed by atoms with Gasteiger partial charge in [0.1, 0.15) is 5.82 Å². The number of para-hydroxylation sites is 2. The van der Waals surface area contributed by atoms with Gasteiger partial charge < -0.3 is 9.88 Å². The van der Waals surface area contributed by atoms with Crippen LogP contribution in [0.3, 0.4) is 0 Å². The van der Waals surface area contributed by atoms with Crippen LogP contribution < -0.4 is 0 Å². The van der Waals surface area contributed by atoms with Gasteiger partial charge in [0, 0.05) is 25.1 Å². The first-order valence-corrected chi connectivity index (χ1v) is 8.61. The van der Waals surface area contributed by atoms with Gasteiger partial charge in [-0.3, -0.25) is 4.79 Å². The van der Waals surface area contributed by atoms with Crippen LogP contribution in [0.2, 0.25) is 0 Å². The number of aromatic amines is 1. The quantitative estimate of drug-likeness (QED) is 0.798.